The van der Waals surface area contributed by atoms with Crippen LogP contribution in [0.2, 0.25) is 0 Å². The molecule has 0 saturated carbocycles. The number of amides is 1. The van der Waals surface area contributed by atoms with E-state index in [-0.39, 0.29) is 10.8 Å². The van der Waals surface area contributed by atoms with Crippen LogP contribution in [0.5, 0.6) is 5.75 Å². The number of hydrogen-bond donors (Lipinski definition) is 2. The summed E-state index contributed by atoms with van der Waals surface area (Å²) in [5.74, 6) is 0.267. The Hall–Kier alpha value is -2.84. The van der Waals surface area contributed by atoms with E-state index in [0.29, 0.717) is 17.1 Å². The maximum atomic E-state index is 12.5. The molecule has 0 heterocycles. The number of hydrogen-bond acceptors (Lipinski definition) is 4. The summed E-state index contributed by atoms with van der Waals surface area (Å²) >= 11 is 3.31. The highest BCUT2D eigenvalue weighted by molar-refractivity contribution is 9.10. The average Bonchev–Trinajstić information content (AvgIpc) is 2.71. The summed E-state index contributed by atoms with van der Waals surface area (Å²) in [4.78, 5) is 12.5. The fraction of sp³-hybridized carbons (Fsp3) is 0.136. The molecular weight excluding hydrogens is 468 g/mol. The third kappa shape index (κ3) is 5.84. The van der Waals surface area contributed by atoms with Gasteiger partial charge >= 0.3 is 0 Å². The van der Waals surface area contributed by atoms with Crippen LogP contribution in [0.25, 0.3) is 0 Å². The molecule has 8 heteroatoms. The molecule has 1 atom stereocenters. The topological polar surface area (TPSA) is 84.5 Å². The monoisotopic (exact) mass is 488 g/mol. The standard InChI is InChI=1S/C22H21BrN2O4S/c1-15-3-11-20(12-4-15)29-16(2)22(26)24-18-9-13-21(14-10-18)30(27,28)25-19-7-5-17(23)6-8-19/h3-14,16,25H,1-2H3,(H,24,26)/t16-/m1/s1. The van der Waals surface area contributed by atoms with Crippen molar-refractivity contribution in [3.63, 3.8) is 0 Å². The smallest absolute Gasteiger partial charge is 0.265 e. The van der Waals surface area contributed by atoms with Crippen LogP contribution in [0.4, 0.5) is 11.4 Å². The van der Waals surface area contributed by atoms with Crippen LogP contribution in [0.3, 0.4) is 0 Å². The van der Waals surface area contributed by atoms with Crippen LogP contribution < -0.4 is 14.8 Å². The molecule has 0 radical (unpaired) electrons. The van der Waals surface area contributed by atoms with Crippen molar-refractivity contribution >= 4 is 43.2 Å². The summed E-state index contributed by atoms with van der Waals surface area (Å²) < 4.78 is 34.1. The van der Waals surface area contributed by atoms with Crippen LogP contribution in [-0.4, -0.2) is 20.4 Å². The quantitative estimate of drug-likeness (QED) is 0.491. The van der Waals surface area contributed by atoms with E-state index < -0.39 is 16.1 Å². The van der Waals surface area contributed by atoms with Gasteiger partial charge in [0.15, 0.2) is 6.10 Å². The molecule has 1 amide bonds. The summed E-state index contributed by atoms with van der Waals surface area (Å²) in [6.07, 6.45) is -0.713. The number of sulfonamides is 1. The van der Waals surface area contributed by atoms with Crippen LogP contribution in [0.15, 0.2) is 82.2 Å². The predicted octanol–water partition coefficient (Wildman–Crippen LogP) is 4.96. The molecule has 0 bridgehead atoms. The Labute approximate surface area is 184 Å². The third-order valence-corrected chi connectivity index (χ3v) is 6.16. The van der Waals surface area contributed by atoms with Gasteiger partial charge in [0.05, 0.1) is 4.90 Å². The molecule has 0 aliphatic heterocycles. The van der Waals surface area contributed by atoms with Gasteiger partial charge in [-0.1, -0.05) is 33.6 Å². The third-order valence-electron chi connectivity index (χ3n) is 4.23. The lowest BCUT2D eigenvalue weighted by Gasteiger charge is -2.15. The van der Waals surface area contributed by atoms with Gasteiger partial charge in [-0.05, 0) is 74.5 Å². The molecule has 0 aliphatic carbocycles. The Morgan fingerprint density at radius 1 is 0.900 bits per heavy atom. The zero-order valence-electron chi connectivity index (χ0n) is 16.4. The molecular formula is C22H21BrN2O4S. The Kier molecular flexibility index (Phi) is 6.79. The number of nitrogens with one attached hydrogen (secondary N) is 2. The lowest BCUT2D eigenvalue weighted by molar-refractivity contribution is -0.122. The van der Waals surface area contributed by atoms with Crippen molar-refractivity contribution in [3.8, 4) is 5.75 Å². The molecule has 0 spiro atoms. The van der Waals surface area contributed by atoms with Gasteiger partial charge in [0.2, 0.25) is 0 Å². The largest absolute Gasteiger partial charge is 0.481 e. The lowest BCUT2D eigenvalue weighted by Crippen LogP contribution is -2.30. The fourth-order valence-electron chi connectivity index (χ4n) is 2.57. The first-order valence-corrected chi connectivity index (χ1v) is 11.4. The van der Waals surface area contributed by atoms with Gasteiger partial charge in [-0.15, -0.1) is 0 Å². The van der Waals surface area contributed by atoms with E-state index in [9.17, 15) is 13.2 Å². The molecule has 3 aromatic carbocycles. The number of ether oxygens (including phenoxy) is 1. The van der Waals surface area contributed by atoms with Gasteiger partial charge in [0.25, 0.3) is 15.9 Å². The molecule has 3 aromatic rings. The number of benzene rings is 3. The van der Waals surface area contributed by atoms with Crippen LogP contribution in [-0.2, 0) is 14.8 Å². The number of anilines is 2. The highest BCUT2D eigenvalue weighted by Crippen LogP contribution is 2.20. The van der Waals surface area contributed by atoms with E-state index in [2.05, 4.69) is 26.0 Å². The Balaban J connectivity index is 1.62. The highest BCUT2D eigenvalue weighted by atomic mass is 79.9. The molecule has 0 aromatic heterocycles. The normalized spacial score (nSPS) is 12.1. The number of carbonyl (C=O) groups is 1. The summed E-state index contributed by atoms with van der Waals surface area (Å²) in [6, 6.07) is 20.2. The number of aryl methyl sites for hydroxylation is 1. The van der Waals surface area contributed by atoms with Crippen LogP contribution in [0, 0.1) is 6.92 Å². The Morgan fingerprint density at radius 2 is 1.47 bits per heavy atom. The summed E-state index contributed by atoms with van der Waals surface area (Å²) in [5, 5.41) is 2.72. The Morgan fingerprint density at radius 3 is 2.07 bits per heavy atom. The maximum Gasteiger partial charge on any atom is 0.265 e. The molecule has 0 aliphatic rings. The minimum atomic E-state index is -3.73. The maximum absolute atomic E-state index is 12.5. The van der Waals surface area contributed by atoms with Crippen molar-refractivity contribution in [3.05, 3.63) is 82.8 Å². The molecule has 0 fully saturated rings. The van der Waals surface area contributed by atoms with E-state index in [0.717, 1.165) is 10.0 Å². The molecule has 2 N–H and O–H groups in total. The molecule has 156 valence electrons. The van der Waals surface area contributed by atoms with Gasteiger partial charge in [-0.2, -0.15) is 0 Å². The minimum absolute atomic E-state index is 0.0902. The number of halogens is 1. The van der Waals surface area contributed by atoms with Crippen molar-refractivity contribution in [1.29, 1.82) is 0 Å². The molecule has 0 unspecified atom stereocenters. The predicted molar refractivity (Wildman–Crippen MR) is 121 cm³/mol. The minimum Gasteiger partial charge on any atom is -0.481 e. The summed E-state index contributed by atoms with van der Waals surface area (Å²) in [6.45, 7) is 3.62. The molecule has 6 nitrogen and oxygen atoms in total. The van der Waals surface area contributed by atoms with Gasteiger partial charge in [0, 0.05) is 15.8 Å². The van der Waals surface area contributed by atoms with E-state index in [4.69, 9.17) is 4.74 Å². The van der Waals surface area contributed by atoms with E-state index in [1.807, 2.05) is 19.1 Å². The van der Waals surface area contributed by atoms with Crippen molar-refractivity contribution in [2.24, 2.45) is 0 Å². The van der Waals surface area contributed by atoms with Crippen molar-refractivity contribution in [1.82, 2.24) is 0 Å². The van der Waals surface area contributed by atoms with Crippen LogP contribution in [0.1, 0.15) is 12.5 Å². The second-order valence-electron chi connectivity index (χ2n) is 6.70. The van der Waals surface area contributed by atoms with Crippen molar-refractivity contribution < 1.29 is 17.9 Å². The second-order valence-corrected chi connectivity index (χ2v) is 9.30. The van der Waals surface area contributed by atoms with Gasteiger partial charge in [-0.25, -0.2) is 8.42 Å². The molecule has 3 rings (SSSR count). The zero-order valence-corrected chi connectivity index (χ0v) is 18.8. The number of rotatable bonds is 7. The van der Waals surface area contributed by atoms with Crippen molar-refractivity contribution in [2.75, 3.05) is 10.0 Å². The summed E-state index contributed by atoms with van der Waals surface area (Å²) in [7, 11) is -3.73. The second kappa shape index (κ2) is 9.32. The summed E-state index contributed by atoms with van der Waals surface area (Å²) in [5.41, 5.74) is 2.03. The lowest BCUT2D eigenvalue weighted by atomic mass is 10.2. The Bertz CT molecular complexity index is 1110. The number of carbonyl (C=O) groups excluding carboxylic acids is 1. The fourth-order valence-corrected chi connectivity index (χ4v) is 3.89. The first-order valence-electron chi connectivity index (χ1n) is 9.15. The van der Waals surface area contributed by atoms with Gasteiger partial charge < -0.3 is 10.1 Å². The zero-order chi connectivity index (χ0) is 21.7. The van der Waals surface area contributed by atoms with Crippen LogP contribution >= 0.6 is 15.9 Å². The molecule has 0 saturated heterocycles. The SMILES string of the molecule is Cc1ccc(O[C@H](C)C(=O)Nc2ccc(S(=O)(=O)Nc3ccc(Br)cc3)cc2)cc1. The van der Waals surface area contributed by atoms with Gasteiger partial charge in [0.1, 0.15) is 5.75 Å². The first-order chi connectivity index (χ1) is 14.2. The average molecular weight is 489 g/mol. The highest BCUT2D eigenvalue weighted by Gasteiger charge is 2.17. The van der Waals surface area contributed by atoms with Gasteiger partial charge in [-0.3, -0.25) is 9.52 Å². The molecule has 30 heavy (non-hydrogen) atoms. The van der Waals surface area contributed by atoms with E-state index in [1.165, 1.54) is 24.3 Å². The van der Waals surface area contributed by atoms with E-state index in [1.54, 1.807) is 43.3 Å². The van der Waals surface area contributed by atoms with Crippen molar-refractivity contribution in [2.45, 2.75) is 24.8 Å². The van der Waals surface area contributed by atoms with E-state index >= 15 is 0 Å². The first kappa shape index (κ1) is 21.9.